The maximum absolute atomic E-state index is 14.1. The van der Waals surface area contributed by atoms with Crippen LogP contribution in [0.15, 0.2) is 42.5 Å². The molecule has 11 heteroatoms. The number of nitrogens with one attached hydrogen (secondary N) is 1. The molecule has 1 heterocycles. The molecule has 1 N–H and O–H groups in total. The van der Waals surface area contributed by atoms with E-state index in [0.717, 1.165) is 30.0 Å². The summed E-state index contributed by atoms with van der Waals surface area (Å²) in [6.45, 7) is 0. The van der Waals surface area contributed by atoms with Crippen LogP contribution < -0.4 is 10.2 Å². The Kier molecular flexibility index (Phi) is 6.14. The van der Waals surface area contributed by atoms with Crippen LogP contribution in [0.2, 0.25) is 5.02 Å². The molecule has 1 aliphatic rings. The van der Waals surface area contributed by atoms with Gasteiger partial charge in [0.15, 0.2) is 0 Å². The minimum atomic E-state index is -0.927. The third-order valence-electron chi connectivity index (χ3n) is 4.03. The van der Waals surface area contributed by atoms with Crippen LogP contribution in [-0.4, -0.2) is 33.6 Å². The van der Waals surface area contributed by atoms with Gasteiger partial charge in [0, 0.05) is 29.3 Å². The van der Waals surface area contributed by atoms with E-state index in [0.29, 0.717) is 15.6 Å². The van der Waals surface area contributed by atoms with E-state index in [2.05, 4.69) is 5.32 Å². The number of nitro benzene ring substituents is 1. The molecule has 1 saturated heterocycles. The van der Waals surface area contributed by atoms with Gasteiger partial charge < -0.3 is 5.32 Å². The first kappa shape index (κ1) is 20.7. The van der Waals surface area contributed by atoms with Gasteiger partial charge in [0.05, 0.1) is 21.6 Å². The van der Waals surface area contributed by atoms with Gasteiger partial charge in [-0.15, -0.1) is 11.8 Å². The second kappa shape index (κ2) is 8.58. The standard InChI is InChI=1S/C18H13ClFN3O5S/c19-10-1-3-11(4-2-10)21-16(24)9-29-15-8-17(25)22(18(15)26)14-7-12(23(27)28)5-6-13(14)20/h1-7,15H,8-9H2,(H,21,24)/t15-/m0/s1. The van der Waals surface area contributed by atoms with Gasteiger partial charge in [-0.25, -0.2) is 9.29 Å². The van der Waals surface area contributed by atoms with Crippen LogP contribution in [0.25, 0.3) is 0 Å². The van der Waals surface area contributed by atoms with Crippen molar-refractivity contribution in [3.8, 4) is 0 Å². The maximum Gasteiger partial charge on any atom is 0.271 e. The number of hydrogen-bond donors (Lipinski definition) is 1. The number of benzene rings is 2. The van der Waals surface area contributed by atoms with Gasteiger partial charge in [0.25, 0.3) is 5.69 Å². The average Bonchev–Trinajstić information content (AvgIpc) is 2.96. The molecule has 0 aliphatic carbocycles. The number of nitrogens with zero attached hydrogens (tertiary/aromatic N) is 2. The summed E-state index contributed by atoms with van der Waals surface area (Å²) in [5.74, 6) is -2.85. The molecule has 0 unspecified atom stereocenters. The third-order valence-corrected chi connectivity index (χ3v) is 5.48. The highest BCUT2D eigenvalue weighted by molar-refractivity contribution is 8.01. The number of hydrogen-bond acceptors (Lipinski definition) is 6. The van der Waals surface area contributed by atoms with E-state index in [-0.39, 0.29) is 12.2 Å². The lowest BCUT2D eigenvalue weighted by Gasteiger charge is -2.15. The molecule has 0 saturated carbocycles. The van der Waals surface area contributed by atoms with E-state index in [1.807, 2.05) is 0 Å². The molecule has 2 aromatic carbocycles. The molecule has 1 aliphatic heterocycles. The number of nitro groups is 1. The molecule has 2 aromatic rings. The van der Waals surface area contributed by atoms with E-state index in [9.17, 15) is 28.9 Å². The average molecular weight is 438 g/mol. The molecular weight excluding hydrogens is 425 g/mol. The quantitative estimate of drug-likeness (QED) is 0.421. The summed E-state index contributed by atoms with van der Waals surface area (Å²) in [4.78, 5) is 47.6. The summed E-state index contributed by atoms with van der Waals surface area (Å²) >= 11 is 6.71. The van der Waals surface area contributed by atoms with E-state index >= 15 is 0 Å². The Morgan fingerprint density at radius 1 is 1.28 bits per heavy atom. The van der Waals surface area contributed by atoms with Crippen LogP contribution in [0.5, 0.6) is 0 Å². The number of halogens is 2. The molecule has 0 bridgehead atoms. The monoisotopic (exact) mass is 437 g/mol. The maximum atomic E-state index is 14.1. The van der Waals surface area contributed by atoms with Gasteiger partial charge in [-0.2, -0.15) is 0 Å². The van der Waals surface area contributed by atoms with Crippen LogP contribution >= 0.6 is 23.4 Å². The van der Waals surface area contributed by atoms with Gasteiger partial charge in [-0.1, -0.05) is 11.6 Å². The predicted molar refractivity (Wildman–Crippen MR) is 106 cm³/mol. The van der Waals surface area contributed by atoms with Crippen molar-refractivity contribution in [3.05, 3.63) is 63.4 Å². The molecule has 0 spiro atoms. The van der Waals surface area contributed by atoms with Crippen LogP contribution in [0.4, 0.5) is 21.5 Å². The lowest BCUT2D eigenvalue weighted by molar-refractivity contribution is -0.384. The van der Waals surface area contributed by atoms with Crippen molar-refractivity contribution in [2.24, 2.45) is 0 Å². The first-order valence-corrected chi connectivity index (χ1v) is 9.66. The van der Waals surface area contributed by atoms with Gasteiger partial charge in [-0.05, 0) is 30.3 Å². The van der Waals surface area contributed by atoms with Gasteiger partial charge in [0.1, 0.15) is 5.82 Å². The van der Waals surface area contributed by atoms with Crippen molar-refractivity contribution >= 4 is 58.1 Å². The van der Waals surface area contributed by atoms with E-state index < -0.39 is 45.1 Å². The summed E-state index contributed by atoms with van der Waals surface area (Å²) in [5.41, 5.74) is -0.391. The molecule has 29 heavy (non-hydrogen) atoms. The lowest BCUT2D eigenvalue weighted by atomic mass is 10.2. The smallest absolute Gasteiger partial charge is 0.271 e. The number of carbonyl (C=O) groups excluding carboxylic acids is 3. The van der Waals surface area contributed by atoms with Crippen LogP contribution in [0.1, 0.15) is 6.42 Å². The van der Waals surface area contributed by atoms with E-state index in [1.165, 1.54) is 0 Å². The highest BCUT2D eigenvalue weighted by Gasteiger charge is 2.41. The van der Waals surface area contributed by atoms with Gasteiger partial charge in [0.2, 0.25) is 17.7 Å². The largest absolute Gasteiger partial charge is 0.325 e. The minimum Gasteiger partial charge on any atom is -0.325 e. The summed E-state index contributed by atoms with van der Waals surface area (Å²) in [6, 6.07) is 9.05. The molecule has 150 valence electrons. The molecule has 0 radical (unpaired) electrons. The summed E-state index contributed by atoms with van der Waals surface area (Å²) in [6.07, 6.45) is -0.236. The number of carbonyl (C=O) groups is 3. The Bertz CT molecular complexity index is 1000. The fourth-order valence-electron chi connectivity index (χ4n) is 2.68. The zero-order valence-electron chi connectivity index (χ0n) is 14.6. The van der Waals surface area contributed by atoms with E-state index in [1.54, 1.807) is 24.3 Å². The number of rotatable bonds is 6. The van der Waals surface area contributed by atoms with Crippen molar-refractivity contribution in [3.63, 3.8) is 0 Å². The Hall–Kier alpha value is -2.98. The second-order valence-electron chi connectivity index (χ2n) is 6.02. The lowest BCUT2D eigenvalue weighted by Crippen LogP contribution is -2.32. The number of non-ortho nitro benzene ring substituents is 1. The van der Waals surface area contributed by atoms with Crippen molar-refractivity contribution in [1.82, 2.24) is 0 Å². The highest BCUT2D eigenvalue weighted by Crippen LogP contribution is 2.33. The normalized spacial score (nSPS) is 16.2. The van der Waals surface area contributed by atoms with Crippen molar-refractivity contribution in [2.75, 3.05) is 16.0 Å². The number of amides is 3. The number of thioether (sulfide) groups is 1. The van der Waals surface area contributed by atoms with Crippen LogP contribution in [0.3, 0.4) is 0 Å². The zero-order valence-corrected chi connectivity index (χ0v) is 16.2. The van der Waals surface area contributed by atoms with Crippen molar-refractivity contribution in [1.29, 1.82) is 0 Å². The Morgan fingerprint density at radius 2 is 1.97 bits per heavy atom. The van der Waals surface area contributed by atoms with Crippen LogP contribution in [0, 0.1) is 15.9 Å². The Morgan fingerprint density at radius 3 is 2.62 bits per heavy atom. The van der Waals surface area contributed by atoms with Crippen LogP contribution in [-0.2, 0) is 14.4 Å². The van der Waals surface area contributed by atoms with Gasteiger partial charge in [-0.3, -0.25) is 24.5 Å². The predicted octanol–water partition coefficient (Wildman–Crippen LogP) is 3.39. The Labute approximate surface area is 173 Å². The molecule has 0 aromatic heterocycles. The Balaban J connectivity index is 1.66. The highest BCUT2D eigenvalue weighted by atomic mass is 35.5. The fourth-order valence-corrected chi connectivity index (χ4v) is 3.74. The number of imide groups is 1. The first-order valence-electron chi connectivity index (χ1n) is 8.24. The van der Waals surface area contributed by atoms with Crippen molar-refractivity contribution < 1.29 is 23.7 Å². The third kappa shape index (κ3) is 4.72. The zero-order chi connectivity index (χ0) is 21.1. The first-order chi connectivity index (χ1) is 13.8. The van der Waals surface area contributed by atoms with Crippen molar-refractivity contribution in [2.45, 2.75) is 11.7 Å². The molecule has 8 nitrogen and oxygen atoms in total. The molecule has 3 rings (SSSR count). The van der Waals surface area contributed by atoms with Gasteiger partial charge >= 0.3 is 0 Å². The summed E-state index contributed by atoms with van der Waals surface area (Å²) < 4.78 is 14.1. The minimum absolute atomic E-state index is 0.114. The molecule has 3 amide bonds. The fraction of sp³-hybridized carbons (Fsp3) is 0.167. The SMILES string of the molecule is O=C(CS[C@H]1CC(=O)N(c2cc([N+](=O)[O-])ccc2F)C1=O)Nc1ccc(Cl)cc1. The molecule has 1 atom stereocenters. The molecular formula is C18H13ClFN3O5S. The second-order valence-corrected chi connectivity index (χ2v) is 7.65. The molecule has 1 fully saturated rings. The van der Waals surface area contributed by atoms with E-state index in [4.69, 9.17) is 11.6 Å². The number of anilines is 2. The summed E-state index contributed by atoms with van der Waals surface area (Å²) in [7, 11) is 0. The summed E-state index contributed by atoms with van der Waals surface area (Å²) in [5, 5.41) is 13.1. The topological polar surface area (TPSA) is 110 Å².